The van der Waals surface area contributed by atoms with Crippen molar-refractivity contribution in [3.8, 4) is 5.75 Å². The molecule has 0 saturated heterocycles. The van der Waals surface area contributed by atoms with Crippen LogP contribution >= 0.6 is 11.6 Å². The van der Waals surface area contributed by atoms with Gasteiger partial charge in [-0.2, -0.15) is 0 Å². The third kappa shape index (κ3) is 3.97. The van der Waals surface area contributed by atoms with Gasteiger partial charge in [-0.3, -0.25) is 0 Å². The summed E-state index contributed by atoms with van der Waals surface area (Å²) in [4.78, 5) is 11.8. The molecule has 2 aromatic carbocycles. The minimum atomic E-state index is -1.29. The molecule has 0 bridgehead atoms. The fourth-order valence-electron chi connectivity index (χ4n) is 1.80. The molecule has 0 aromatic heterocycles. The van der Waals surface area contributed by atoms with Gasteiger partial charge in [-0.25, -0.2) is 4.79 Å². The van der Waals surface area contributed by atoms with Gasteiger partial charge in [0.1, 0.15) is 12.4 Å². The highest BCUT2D eigenvalue weighted by Crippen LogP contribution is 2.25. The maximum Gasteiger partial charge on any atom is 0.339 e. The average molecular weight is 307 g/mol. The van der Waals surface area contributed by atoms with Crippen LogP contribution in [0.25, 0.3) is 0 Å². The number of hydrogen-bond donors (Lipinski definition) is 1. The summed E-state index contributed by atoms with van der Waals surface area (Å²) in [6.07, 6.45) is -1.29. The molecule has 21 heavy (non-hydrogen) atoms. The largest absolute Gasteiger partial charge is 0.495 e. The van der Waals surface area contributed by atoms with E-state index in [-0.39, 0.29) is 6.61 Å². The topological polar surface area (TPSA) is 55.8 Å². The second-order valence-corrected chi connectivity index (χ2v) is 4.80. The number of hydrogen-bond acceptors (Lipinski definition) is 4. The fraction of sp³-hybridized carbons (Fsp3) is 0.188. The van der Waals surface area contributed by atoms with Gasteiger partial charge in [0.2, 0.25) is 0 Å². The molecule has 0 amide bonds. The van der Waals surface area contributed by atoms with Crippen LogP contribution in [0.15, 0.2) is 48.5 Å². The Morgan fingerprint density at radius 3 is 2.57 bits per heavy atom. The van der Waals surface area contributed by atoms with Crippen LogP contribution in [-0.2, 0) is 16.1 Å². The second-order valence-electron chi connectivity index (χ2n) is 4.39. The number of aliphatic hydroxyl groups excluding tert-OH is 1. The van der Waals surface area contributed by atoms with E-state index in [2.05, 4.69) is 0 Å². The first-order chi connectivity index (χ1) is 10.1. The van der Waals surface area contributed by atoms with Gasteiger partial charge in [-0.05, 0) is 23.3 Å². The van der Waals surface area contributed by atoms with Crippen LogP contribution in [0.3, 0.4) is 0 Å². The van der Waals surface area contributed by atoms with E-state index < -0.39 is 12.1 Å². The van der Waals surface area contributed by atoms with Crippen LogP contribution in [0.4, 0.5) is 0 Å². The molecule has 1 atom stereocenters. The summed E-state index contributed by atoms with van der Waals surface area (Å²) in [5.41, 5.74) is 1.21. The summed E-state index contributed by atoms with van der Waals surface area (Å²) in [5, 5.41) is 10.3. The highest BCUT2D eigenvalue weighted by molar-refractivity contribution is 6.32. The van der Waals surface area contributed by atoms with Crippen molar-refractivity contribution in [2.24, 2.45) is 0 Å². The normalized spacial score (nSPS) is 11.8. The number of halogens is 1. The number of esters is 1. The van der Waals surface area contributed by atoms with Crippen LogP contribution < -0.4 is 4.74 Å². The third-order valence-electron chi connectivity index (χ3n) is 2.94. The summed E-state index contributed by atoms with van der Waals surface area (Å²) < 4.78 is 10.1. The molecule has 0 aliphatic heterocycles. The van der Waals surface area contributed by atoms with Gasteiger partial charge >= 0.3 is 5.97 Å². The van der Waals surface area contributed by atoms with Crippen molar-refractivity contribution >= 4 is 17.6 Å². The molecule has 110 valence electrons. The van der Waals surface area contributed by atoms with E-state index in [0.29, 0.717) is 16.3 Å². The van der Waals surface area contributed by atoms with E-state index in [9.17, 15) is 9.90 Å². The van der Waals surface area contributed by atoms with Crippen molar-refractivity contribution in [3.05, 3.63) is 64.7 Å². The van der Waals surface area contributed by atoms with Gasteiger partial charge in [-0.15, -0.1) is 0 Å². The van der Waals surface area contributed by atoms with Crippen molar-refractivity contribution < 1.29 is 19.4 Å². The summed E-state index contributed by atoms with van der Waals surface area (Å²) in [6, 6.07) is 13.7. The quantitative estimate of drug-likeness (QED) is 0.862. The van der Waals surface area contributed by atoms with Gasteiger partial charge in [0, 0.05) is 0 Å². The Balaban J connectivity index is 1.96. The molecule has 4 nitrogen and oxygen atoms in total. The molecule has 1 N–H and O–H groups in total. The van der Waals surface area contributed by atoms with E-state index in [4.69, 9.17) is 21.1 Å². The lowest BCUT2D eigenvalue weighted by Crippen LogP contribution is -2.15. The summed E-state index contributed by atoms with van der Waals surface area (Å²) >= 11 is 5.99. The number of carbonyl (C=O) groups is 1. The van der Waals surface area contributed by atoms with Crippen LogP contribution in [-0.4, -0.2) is 18.2 Å². The number of ether oxygens (including phenoxy) is 2. The van der Waals surface area contributed by atoms with E-state index in [1.807, 2.05) is 0 Å². The van der Waals surface area contributed by atoms with E-state index >= 15 is 0 Å². The van der Waals surface area contributed by atoms with Crippen molar-refractivity contribution in [2.45, 2.75) is 12.7 Å². The molecule has 1 unspecified atom stereocenters. The van der Waals surface area contributed by atoms with Crippen molar-refractivity contribution in [3.63, 3.8) is 0 Å². The standard InChI is InChI=1S/C16H15ClO4/c1-20-14-8-7-11(9-13(14)17)10-21-16(19)15(18)12-5-3-2-4-6-12/h2-9,15,18H,10H2,1H3. The molecule has 0 radical (unpaired) electrons. The molecule has 0 fully saturated rings. The first kappa shape index (κ1) is 15.4. The first-order valence-electron chi connectivity index (χ1n) is 6.34. The summed E-state index contributed by atoms with van der Waals surface area (Å²) in [5.74, 6) is -0.149. The maximum absolute atomic E-state index is 11.8. The van der Waals surface area contributed by atoms with Crippen molar-refractivity contribution in [1.82, 2.24) is 0 Å². The lowest BCUT2D eigenvalue weighted by Gasteiger charge is -2.11. The van der Waals surface area contributed by atoms with Crippen molar-refractivity contribution in [2.75, 3.05) is 7.11 Å². The van der Waals surface area contributed by atoms with Gasteiger partial charge in [-0.1, -0.05) is 48.0 Å². The molecule has 0 aliphatic carbocycles. The minimum absolute atomic E-state index is 0.0342. The van der Waals surface area contributed by atoms with E-state index in [0.717, 1.165) is 5.56 Å². The summed E-state index contributed by atoms with van der Waals surface area (Å²) in [7, 11) is 1.52. The van der Waals surface area contributed by atoms with E-state index in [1.54, 1.807) is 48.5 Å². The molecule has 0 spiro atoms. The van der Waals surface area contributed by atoms with Crippen LogP contribution in [0.5, 0.6) is 5.75 Å². The molecule has 0 aliphatic rings. The molecule has 0 saturated carbocycles. The minimum Gasteiger partial charge on any atom is -0.495 e. The molecule has 5 heteroatoms. The zero-order chi connectivity index (χ0) is 15.2. The van der Waals surface area contributed by atoms with Crippen LogP contribution in [0, 0.1) is 0 Å². The monoisotopic (exact) mass is 306 g/mol. The van der Waals surface area contributed by atoms with Gasteiger partial charge in [0.05, 0.1) is 12.1 Å². The second kappa shape index (κ2) is 7.11. The number of methoxy groups -OCH3 is 1. The Morgan fingerprint density at radius 1 is 1.24 bits per heavy atom. The number of rotatable bonds is 5. The molecule has 2 aromatic rings. The Labute approximate surface area is 127 Å². The smallest absolute Gasteiger partial charge is 0.339 e. The fourth-order valence-corrected chi connectivity index (χ4v) is 2.08. The highest BCUT2D eigenvalue weighted by Gasteiger charge is 2.18. The maximum atomic E-state index is 11.8. The molecule has 0 heterocycles. The average Bonchev–Trinajstić information content (AvgIpc) is 2.52. The highest BCUT2D eigenvalue weighted by atomic mass is 35.5. The Hall–Kier alpha value is -2.04. The van der Waals surface area contributed by atoms with E-state index in [1.165, 1.54) is 7.11 Å². The lowest BCUT2D eigenvalue weighted by molar-refractivity contribution is -0.155. The lowest BCUT2D eigenvalue weighted by atomic mass is 10.1. The number of aliphatic hydroxyl groups is 1. The SMILES string of the molecule is COc1ccc(COC(=O)C(O)c2ccccc2)cc1Cl. The Morgan fingerprint density at radius 2 is 1.95 bits per heavy atom. The van der Waals surface area contributed by atoms with Gasteiger partial charge in [0.25, 0.3) is 0 Å². The molecular formula is C16H15ClO4. The summed E-state index contributed by atoms with van der Waals surface area (Å²) in [6.45, 7) is 0.0342. The molecule has 2 rings (SSSR count). The molecular weight excluding hydrogens is 292 g/mol. The predicted octanol–water partition coefficient (Wildman–Crippen LogP) is 3.13. The first-order valence-corrected chi connectivity index (χ1v) is 6.71. The van der Waals surface area contributed by atoms with Crippen LogP contribution in [0.1, 0.15) is 17.2 Å². The number of carbonyl (C=O) groups excluding carboxylic acids is 1. The third-order valence-corrected chi connectivity index (χ3v) is 3.23. The van der Waals surface area contributed by atoms with Crippen LogP contribution in [0.2, 0.25) is 5.02 Å². The predicted molar refractivity (Wildman–Crippen MR) is 79.2 cm³/mol. The van der Waals surface area contributed by atoms with Crippen molar-refractivity contribution in [1.29, 1.82) is 0 Å². The zero-order valence-corrected chi connectivity index (χ0v) is 12.2. The van der Waals surface area contributed by atoms with Gasteiger partial charge < -0.3 is 14.6 Å². The van der Waals surface area contributed by atoms with Gasteiger partial charge in [0.15, 0.2) is 6.10 Å². The Kier molecular flexibility index (Phi) is 5.20. The number of benzene rings is 2. The Bertz CT molecular complexity index is 613. The zero-order valence-electron chi connectivity index (χ0n) is 11.5.